The van der Waals surface area contributed by atoms with Crippen LogP contribution in [0.4, 0.5) is 4.39 Å². The summed E-state index contributed by atoms with van der Waals surface area (Å²) in [6, 6.07) is 14.1. The summed E-state index contributed by atoms with van der Waals surface area (Å²) in [6.45, 7) is 3.55. The van der Waals surface area contributed by atoms with Gasteiger partial charge < -0.3 is 4.90 Å². The number of benzene rings is 2. The van der Waals surface area contributed by atoms with Gasteiger partial charge in [-0.2, -0.15) is 5.26 Å². The Morgan fingerprint density at radius 3 is 2.42 bits per heavy atom. The minimum absolute atomic E-state index is 0.00992. The van der Waals surface area contributed by atoms with Crippen molar-refractivity contribution in [1.29, 1.82) is 5.26 Å². The van der Waals surface area contributed by atoms with Crippen molar-refractivity contribution in [1.82, 2.24) is 14.5 Å². The minimum Gasteiger partial charge on any atom is -0.341 e. The Bertz CT molecular complexity index is 1030. The van der Waals surface area contributed by atoms with Gasteiger partial charge in [-0.3, -0.25) is 9.69 Å². The monoisotopic (exact) mass is 444 g/mol. The maximum absolute atomic E-state index is 13.0. The Labute approximate surface area is 182 Å². The number of nitrogens with one attached hydrogen (secondary N) is 1. The van der Waals surface area contributed by atoms with Gasteiger partial charge in [0.25, 0.3) is 0 Å². The van der Waals surface area contributed by atoms with E-state index >= 15 is 0 Å². The van der Waals surface area contributed by atoms with Crippen LogP contribution in [0.15, 0.2) is 53.4 Å². The number of nitriles is 1. The molecule has 2 aromatic rings. The number of nitrogens with zero attached hydrogens (tertiary/aromatic N) is 3. The molecule has 1 N–H and O–H groups in total. The van der Waals surface area contributed by atoms with Gasteiger partial charge in [-0.15, -0.1) is 0 Å². The Morgan fingerprint density at radius 2 is 1.74 bits per heavy atom. The standard InChI is InChI=1S/C22H25FN4O3S/c23-20-6-8-21(9-7-20)31(29,30)25-11-10-22(28)27-13-1-12-26(14-15-27)17-19-4-2-18(16-24)3-5-19/h2-9,25H,1,10-15,17H2. The van der Waals surface area contributed by atoms with E-state index in [2.05, 4.69) is 15.7 Å². The second-order valence-corrected chi connectivity index (χ2v) is 9.19. The van der Waals surface area contributed by atoms with Crippen LogP contribution in [-0.4, -0.2) is 56.8 Å². The predicted octanol–water partition coefficient (Wildman–Crippen LogP) is 2.10. The molecule has 1 heterocycles. The molecule has 0 aliphatic carbocycles. The second-order valence-electron chi connectivity index (χ2n) is 7.42. The minimum atomic E-state index is -3.77. The van der Waals surface area contributed by atoms with Crippen LogP contribution < -0.4 is 4.72 Å². The third-order valence-electron chi connectivity index (χ3n) is 5.19. The lowest BCUT2D eigenvalue weighted by atomic mass is 10.1. The molecule has 1 aliphatic rings. The van der Waals surface area contributed by atoms with Crippen molar-refractivity contribution in [2.75, 3.05) is 32.7 Å². The lowest BCUT2D eigenvalue weighted by Crippen LogP contribution is -2.37. The molecule has 1 saturated heterocycles. The quantitative estimate of drug-likeness (QED) is 0.706. The van der Waals surface area contributed by atoms with Crippen molar-refractivity contribution in [3.63, 3.8) is 0 Å². The smallest absolute Gasteiger partial charge is 0.240 e. The van der Waals surface area contributed by atoms with Crippen LogP contribution in [0.5, 0.6) is 0 Å². The van der Waals surface area contributed by atoms with Crippen molar-refractivity contribution in [2.24, 2.45) is 0 Å². The molecule has 31 heavy (non-hydrogen) atoms. The van der Waals surface area contributed by atoms with E-state index in [1.54, 1.807) is 17.0 Å². The zero-order valence-electron chi connectivity index (χ0n) is 17.1. The molecule has 0 radical (unpaired) electrons. The van der Waals surface area contributed by atoms with E-state index in [4.69, 9.17) is 5.26 Å². The summed E-state index contributed by atoms with van der Waals surface area (Å²) in [7, 11) is -3.77. The van der Waals surface area contributed by atoms with Gasteiger partial charge in [0.05, 0.1) is 16.5 Å². The van der Waals surface area contributed by atoms with Gasteiger partial charge in [0.15, 0.2) is 0 Å². The lowest BCUT2D eigenvalue weighted by Gasteiger charge is -2.22. The van der Waals surface area contributed by atoms with Crippen molar-refractivity contribution < 1.29 is 17.6 Å². The summed E-state index contributed by atoms with van der Waals surface area (Å²) >= 11 is 0. The molecule has 0 unspecified atom stereocenters. The van der Waals surface area contributed by atoms with Gasteiger partial charge >= 0.3 is 0 Å². The van der Waals surface area contributed by atoms with Crippen molar-refractivity contribution >= 4 is 15.9 Å². The van der Waals surface area contributed by atoms with Crippen LogP contribution in [0.25, 0.3) is 0 Å². The fourth-order valence-electron chi connectivity index (χ4n) is 3.47. The normalized spacial score (nSPS) is 15.3. The molecule has 0 spiro atoms. The molecule has 1 aliphatic heterocycles. The van der Waals surface area contributed by atoms with E-state index < -0.39 is 15.8 Å². The SMILES string of the molecule is N#Cc1ccc(CN2CCCN(C(=O)CCNS(=O)(=O)c3ccc(F)cc3)CC2)cc1. The van der Waals surface area contributed by atoms with Crippen LogP contribution in [0.3, 0.4) is 0 Å². The first kappa shape index (κ1) is 22.9. The Kier molecular flexibility index (Phi) is 7.74. The number of halogens is 1. The Hall–Kier alpha value is -2.80. The van der Waals surface area contributed by atoms with Gasteiger partial charge in [0.2, 0.25) is 15.9 Å². The molecular weight excluding hydrogens is 419 g/mol. The fraction of sp³-hybridized carbons (Fsp3) is 0.364. The second kappa shape index (κ2) is 10.5. The summed E-state index contributed by atoms with van der Waals surface area (Å²) in [4.78, 5) is 16.6. The van der Waals surface area contributed by atoms with E-state index in [0.29, 0.717) is 18.7 Å². The Balaban J connectivity index is 1.45. The number of carbonyl (C=O) groups excluding carboxylic acids is 1. The van der Waals surface area contributed by atoms with Crippen molar-refractivity contribution in [3.05, 3.63) is 65.5 Å². The highest BCUT2D eigenvalue weighted by Gasteiger charge is 2.20. The first-order valence-corrected chi connectivity index (χ1v) is 11.6. The fourth-order valence-corrected chi connectivity index (χ4v) is 4.50. The third-order valence-corrected chi connectivity index (χ3v) is 6.66. The van der Waals surface area contributed by atoms with Gasteiger partial charge in [0, 0.05) is 45.7 Å². The molecule has 7 nitrogen and oxygen atoms in total. The first-order valence-electron chi connectivity index (χ1n) is 10.1. The van der Waals surface area contributed by atoms with E-state index in [-0.39, 0.29) is 23.8 Å². The summed E-state index contributed by atoms with van der Waals surface area (Å²) in [5.74, 6) is -0.606. The van der Waals surface area contributed by atoms with Gasteiger partial charge in [-0.1, -0.05) is 12.1 Å². The molecule has 2 aromatic carbocycles. The average Bonchev–Trinajstić information content (AvgIpc) is 3.00. The molecule has 0 saturated carbocycles. The first-order chi connectivity index (χ1) is 14.9. The zero-order chi connectivity index (χ0) is 22.3. The highest BCUT2D eigenvalue weighted by molar-refractivity contribution is 7.89. The molecule has 0 aromatic heterocycles. The molecule has 0 atom stereocenters. The van der Waals surface area contributed by atoms with E-state index in [9.17, 15) is 17.6 Å². The molecule has 1 fully saturated rings. The summed E-state index contributed by atoms with van der Waals surface area (Å²) in [5.41, 5.74) is 1.75. The van der Waals surface area contributed by atoms with Crippen LogP contribution in [0.2, 0.25) is 0 Å². The van der Waals surface area contributed by atoms with Gasteiger partial charge in [-0.25, -0.2) is 17.5 Å². The third kappa shape index (κ3) is 6.59. The number of carbonyl (C=O) groups is 1. The van der Waals surface area contributed by atoms with Gasteiger partial charge in [-0.05, 0) is 48.4 Å². The number of hydrogen-bond acceptors (Lipinski definition) is 5. The van der Waals surface area contributed by atoms with Crippen molar-refractivity contribution in [3.8, 4) is 6.07 Å². The number of amides is 1. The van der Waals surface area contributed by atoms with Crippen molar-refractivity contribution in [2.45, 2.75) is 24.3 Å². The van der Waals surface area contributed by atoms with Crippen LogP contribution >= 0.6 is 0 Å². The number of sulfonamides is 1. The highest BCUT2D eigenvalue weighted by Crippen LogP contribution is 2.12. The Morgan fingerprint density at radius 1 is 1.03 bits per heavy atom. The van der Waals surface area contributed by atoms with Crippen LogP contribution in [0.1, 0.15) is 24.0 Å². The summed E-state index contributed by atoms with van der Waals surface area (Å²) in [5, 5.41) is 8.89. The average molecular weight is 445 g/mol. The molecule has 0 bridgehead atoms. The maximum atomic E-state index is 13.0. The van der Waals surface area contributed by atoms with E-state index in [1.807, 2.05) is 12.1 Å². The molecule has 9 heteroatoms. The maximum Gasteiger partial charge on any atom is 0.240 e. The number of rotatable bonds is 7. The van der Waals surface area contributed by atoms with E-state index in [0.717, 1.165) is 43.8 Å². The van der Waals surface area contributed by atoms with Crippen LogP contribution in [0, 0.1) is 17.1 Å². The van der Waals surface area contributed by atoms with E-state index in [1.165, 1.54) is 12.1 Å². The lowest BCUT2D eigenvalue weighted by molar-refractivity contribution is -0.130. The number of hydrogen-bond donors (Lipinski definition) is 1. The van der Waals surface area contributed by atoms with Gasteiger partial charge in [0.1, 0.15) is 5.82 Å². The largest absolute Gasteiger partial charge is 0.341 e. The molecule has 1 amide bonds. The molecule has 3 rings (SSSR count). The van der Waals surface area contributed by atoms with Crippen LogP contribution in [-0.2, 0) is 21.4 Å². The highest BCUT2D eigenvalue weighted by atomic mass is 32.2. The molecular formula is C22H25FN4O3S. The summed E-state index contributed by atoms with van der Waals surface area (Å²) in [6.07, 6.45) is 0.902. The summed E-state index contributed by atoms with van der Waals surface area (Å²) < 4.78 is 39.8. The topological polar surface area (TPSA) is 93.5 Å². The zero-order valence-corrected chi connectivity index (χ0v) is 17.9. The molecule has 164 valence electrons. The predicted molar refractivity (Wildman–Crippen MR) is 114 cm³/mol.